The number of aryl methyl sites for hydroxylation is 1. The zero-order chi connectivity index (χ0) is 15.4. The summed E-state index contributed by atoms with van der Waals surface area (Å²) in [5, 5.41) is 10.0. The predicted molar refractivity (Wildman–Crippen MR) is 82.4 cm³/mol. The Morgan fingerprint density at radius 3 is 2.95 bits per heavy atom. The number of imidazole rings is 1. The lowest BCUT2D eigenvalue weighted by atomic mass is 10.2. The van der Waals surface area contributed by atoms with E-state index in [0.717, 1.165) is 11.3 Å². The van der Waals surface area contributed by atoms with Gasteiger partial charge < -0.3 is 14.4 Å². The molecule has 0 aliphatic heterocycles. The first-order valence-corrected chi connectivity index (χ1v) is 7.57. The Labute approximate surface area is 131 Å². The molecule has 0 spiro atoms. The van der Waals surface area contributed by atoms with Crippen molar-refractivity contribution in [2.24, 2.45) is 0 Å². The zero-order valence-electron chi connectivity index (χ0n) is 11.7. The van der Waals surface area contributed by atoms with Gasteiger partial charge in [-0.15, -0.1) is 0 Å². The lowest BCUT2D eigenvalue weighted by Crippen LogP contribution is -2.07. The van der Waals surface area contributed by atoms with Crippen molar-refractivity contribution >= 4 is 29.3 Å². The summed E-state index contributed by atoms with van der Waals surface area (Å²) >= 11 is 7.43. The van der Waals surface area contributed by atoms with Gasteiger partial charge in [-0.1, -0.05) is 29.4 Å². The van der Waals surface area contributed by atoms with E-state index in [1.165, 1.54) is 11.8 Å². The number of thioether (sulfide) groups is 1. The van der Waals surface area contributed by atoms with Crippen LogP contribution in [0, 0.1) is 6.92 Å². The molecular formula is C14H15ClN2O3S. The van der Waals surface area contributed by atoms with Crippen molar-refractivity contribution in [2.45, 2.75) is 18.6 Å². The molecule has 5 nitrogen and oxygen atoms in total. The fraction of sp³-hybridized carbons (Fsp3) is 0.286. The molecule has 0 bridgehead atoms. The highest BCUT2D eigenvalue weighted by Gasteiger charge is 2.14. The monoisotopic (exact) mass is 326 g/mol. The largest absolute Gasteiger partial charge is 0.496 e. The van der Waals surface area contributed by atoms with Crippen molar-refractivity contribution in [1.82, 2.24) is 9.55 Å². The minimum Gasteiger partial charge on any atom is -0.496 e. The van der Waals surface area contributed by atoms with E-state index in [4.69, 9.17) is 21.4 Å². The van der Waals surface area contributed by atoms with E-state index in [1.807, 2.05) is 23.6 Å². The van der Waals surface area contributed by atoms with Crippen molar-refractivity contribution in [3.8, 4) is 5.75 Å². The first-order valence-electron chi connectivity index (χ1n) is 6.21. The predicted octanol–water partition coefficient (Wildman–Crippen LogP) is 3.08. The smallest absolute Gasteiger partial charge is 0.313 e. The molecule has 0 atom stereocenters. The molecule has 0 unspecified atom stereocenters. The summed E-state index contributed by atoms with van der Waals surface area (Å²) in [4.78, 5) is 15.0. The summed E-state index contributed by atoms with van der Waals surface area (Å²) in [5.41, 5.74) is 1.78. The molecule has 0 saturated heterocycles. The molecule has 21 heavy (non-hydrogen) atoms. The van der Waals surface area contributed by atoms with Gasteiger partial charge in [0, 0.05) is 22.5 Å². The molecular weight excluding hydrogens is 312 g/mol. The van der Waals surface area contributed by atoms with Gasteiger partial charge in [-0.2, -0.15) is 0 Å². The van der Waals surface area contributed by atoms with Crippen LogP contribution in [0.25, 0.3) is 0 Å². The van der Waals surface area contributed by atoms with Gasteiger partial charge in [0.1, 0.15) is 5.75 Å². The number of methoxy groups -OCH3 is 1. The van der Waals surface area contributed by atoms with Crippen LogP contribution in [0.5, 0.6) is 5.75 Å². The van der Waals surface area contributed by atoms with E-state index < -0.39 is 5.97 Å². The maximum atomic E-state index is 10.7. The molecule has 1 heterocycles. The third-order valence-electron chi connectivity index (χ3n) is 2.96. The number of carbonyl (C=O) groups is 1. The molecule has 1 N–H and O–H groups in total. The van der Waals surface area contributed by atoms with Gasteiger partial charge in [0.05, 0.1) is 19.4 Å². The normalized spacial score (nSPS) is 10.6. The first kappa shape index (κ1) is 15.7. The molecule has 2 aromatic rings. The minimum atomic E-state index is -0.873. The van der Waals surface area contributed by atoms with Crippen LogP contribution >= 0.6 is 23.4 Å². The molecule has 7 heteroatoms. The second kappa shape index (κ2) is 6.87. The third-order valence-corrected chi connectivity index (χ3v) is 4.28. The summed E-state index contributed by atoms with van der Waals surface area (Å²) < 4.78 is 7.26. The van der Waals surface area contributed by atoms with E-state index in [9.17, 15) is 4.79 Å². The number of benzene rings is 1. The maximum Gasteiger partial charge on any atom is 0.313 e. The van der Waals surface area contributed by atoms with Gasteiger partial charge in [0.25, 0.3) is 0 Å². The van der Waals surface area contributed by atoms with E-state index >= 15 is 0 Å². The topological polar surface area (TPSA) is 64.4 Å². The van der Waals surface area contributed by atoms with E-state index in [-0.39, 0.29) is 5.75 Å². The number of rotatable bonds is 6. The SMILES string of the molecule is COc1cccc(Cl)c1Cn1c(C)cnc1SCC(=O)O. The number of hydrogen-bond donors (Lipinski definition) is 1. The van der Waals surface area contributed by atoms with E-state index in [0.29, 0.717) is 22.5 Å². The summed E-state index contributed by atoms with van der Waals surface area (Å²) in [7, 11) is 1.59. The van der Waals surface area contributed by atoms with Crippen LogP contribution in [-0.2, 0) is 11.3 Å². The Morgan fingerprint density at radius 1 is 1.52 bits per heavy atom. The second-order valence-corrected chi connectivity index (χ2v) is 5.72. The summed E-state index contributed by atoms with van der Waals surface area (Å²) in [6.07, 6.45) is 1.72. The van der Waals surface area contributed by atoms with Crippen molar-refractivity contribution < 1.29 is 14.6 Å². The van der Waals surface area contributed by atoms with E-state index in [1.54, 1.807) is 19.4 Å². The lowest BCUT2D eigenvalue weighted by molar-refractivity contribution is -0.133. The Bertz CT molecular complexity index is 658. The van der Waals surface area contributed by atoms with Crippen LogP contribution in [-0.4, -0.2) is 33.5 Å². The van der Waals surface area contributed by atoms with Gasteiger partial charge in [0.2, 0.25) is 0 Å². The number of hydrogen-bond acceptors (Lipinski definition) is 4. The number of nitrogens with zero attached hydrogens (tertiary/aromatic N) is 2. The van der Waals surface area contributed by atoms with Crippen LogP contribution in [0.3, 0.4) is 0 Å². The summed E-state index contributed by atoms with van der Waals surface area (Å²) in [5.74, 6) is -0.205. The first-order chi connectivity index (χ1) is 10.0. The minimum absolute atomic E-state index is 0.0316. The Kier molecular flexibility index (Phi) is 5.14. The molecule has 0 saturated carbocycles. The maximum absolute atomic E-state index is 10.7. The Balaban J connectivity index is 2.31. The Morgan fingerprint density at radius 2 is 2.29 bits per heavy atom. The number of ether oxygens (including phenoxy) is 1. The quantitative estimate of drug-likeness (QED) is 0.826. The molecule has 112 valence electrons. The van der Waals surface area contributed by atoms with Crippen molar-refractivity contribution in [1.29, 1.82) is 0 Å². The van der Waals surface area contributed by atoms with Gasteiger partial charge >= 0.3 is 5.97 Å². The highest BCUT2D eigenvalue weighted by Crippen LogP contribution is 2.29. The van der Waals surface area contributed by atoms with Crippen molar-refractivity contribution in [2.75, 3.05) is 12.9 Å². The van der Waals surface area contributed by atoms with Gasteiger partial charge in [0.15, 0.2) is 5.16 Å². The molecule has 0 amide bonds. The van der Waals surface area contributed by atoms with Gasteiger partial charge in [-0.3, -0.25) is 4.79 Å². The number of aliphatic carboxylic acids is 1. The highest BCUT2D eigenvalue weighted by molar-refractivity contribution is 7.99. The number of carboxylic acids is 1. The number of carboxylic acid groups (broad SMARTS) is 1. The average molecular weight is 327 g/mol. The lowest BCUT2D eigenvalue weighted by Gasteiger charge is -2.14. The average Bonchev–Trinajstić information content (AvgIpc) is 2.79. The van der Waals surface area contributed by atoms with E-state index in [2.05, 4.69) is 4.98 Å². The summed E-state index contributed by atoms with van der Waals surface area (Å²) in [6, 6.07) is 5.47. The molecule has 0 fully saturated rings. The van der Waals surface area contributed by atoms with Crippen LogP contribution in [0.2, 0.25) is 5.02 Å². The number of halogens is 1. The van der Waals surface area contributed by atoms with Gasteiger partial charge in [-0.25, -0.2) is 4.98 Å². The van der Waals surface area contributed by atoms with Crippen LogP contribution < -0.4 is 4.74 Å². The molecule has 1 aromatic carbocycles. The molecule has 0 radical (unpaired) electrons. The van der Waals surface area contributed by atoms with Crippen LogP contribution in [0.1, 0.15) is 11.3 Å². The molecule has 2 rings (SSSR count). The third kappa shape index (κ3) is 3.71. The number of aromatic nitrogens is 2. The fourth-order valence-electron chi connectivity index (χ4n) is 1.91. The molecule has 0 aliphatic rings. The molecule has 1 aromatic heterocycles. The highest BCUT2D eigenvalue weighted by atomic mass is 35.5. The Hall–Kier alpha value is -1.66. The van der Waals surface area contributed by atoms with Gasteiger partial charge in [-0.05, 0) is 19.1 Å². The zero-order valence-corrected chi connectivity index (χ0v) is 13.2. The summed E-state index contributed by atoms with van der Waals surface area (Å²) in [6.45, 7) is 2.40. The fourth-order valence-corrected chi connectivity index (χ4v) is 2.88. The van der Waals surface area contributed by atoms with Crippen LogP contribution in [0.4, 0.5) is 0 Å². The van der Waals surface area contributed by atoms with Crippen LogP contribution in [0.15, 0.2) is 29.6 Å². The standard InChI is InChI=1S/C14H15ClN2O3S/c1-9-6-16-14(21-8-13(18)19)17(9)7-10-11(15)4-3-5-12(10)20-2/h3-6H,7-8H2,1-2H3,(H,18,19). The molecule has 0 aliphatic carbocycles. The van der Waals surface area contributed by atoms with Crippen molar-refractivity contribution in [3.63, 3.8) is 0 Å². The van der Waals surface area contributed by atoms with Crippen molar-refractivity contribution in [3.05, 3.63) is 40.7 Å². The second-order valence-electron chi connectivity index (χ2n) is 4.37.